The number of carbonyl (C=O) groups is 1. The Kier molecular flexibility index (Phi) is 3.97. The molecule has 1 aromatic carbocycles. The Hall–Kier alpha value is -1.31. The van der Waals surface area contributed by atoms with Crippen LogP contribution < -0.4 is 4.74 Å². The van der Waals surface area contributed by atoms with Gasteiger partial charge >= 0.3 is 0 Å². The Labute approximate surface area is 146 Å². The Morgan fingerprint density at radius 2 is 1.96 bits per heavy atom. The van der Waals surface area contributed by atoms with E-state index in [0.29, 0.717) is 17.8 Å². The first-order valence-corrected chi connectivity index (χ1v) is 9.81. The quantitative estimate of drug-likeness (QED) is 0.516. The van der Waals surface area contributed by atoms with Crippen LogP contribution in [-0.4, -0.2) is 12.9 Å². The van der Waals surface area contributed by atoms with Crippen LogP contribution in [0.15, 0.2) is 12.1 Å². The fourth-order valence-corrected chi connectivity index (χ4v) is 4.85. The lowest BCUT2D eigenvalue weighted by atomic mass is 9.79. The van der Waals surface area contributed by atoms with E-state index >= 15 is 0 Å². The standard InChI is InChI=1S/C22H30O2/c1-21(2)15-24-20-18(16-7-3-4-8-16)13-17(14-19(20)21)22(10-11-22)9-5-6-12-23/h12-14,16H,3-11,15H2,1-2H3. The minimum atomic E-state index is 0.123. The summed E-state index contributed by atoms with van der Waals surface area (Å²) in [6, 6.07) is 4.94. The molecule has 0 saturated heterocycles. The molecule has 2 nitrogen and oxygen atoms in total. The Balaban J connectivity index is 1.73. The number of fused-ring (bicyclic) bond motifs is 1. The first kappa shape index (κ1) is 16.2. The van der Waals surface area contributed by atoms with Gasteiger partial charge in [0, 0.05) is 17.4 Å². The number of benzene rings is 1. The van der Waals surface area contributed by atoms with Gasteiger partial charge in [-0.2, -0.15) is 0 Å². The molecule has 24 heavy (non-hydrogen) atoms. The SMILES string of the molecule is CC1(C)COc2c(C3CCCC3)cc(C3(CCCC=O)CC3)cc21. The van der Waals surface area contributed by atoms with Gasteiger partial charge in [-0.1, -0.05) is 38.8 Å². The van der Waals surface area contributed by atoms with Gasteiger partial charge in [0.2, 0.25) is 0 Å². The third kappa shape index (κ3) is 2.68. The number of aldehydes is 1. The normalized spacial score (nSPS) is 23.8. The average Bonchev–Trinajstić information content (AvgIpc) is 3.03. The van der Waals surface area contributed by atoms with Crippen molar-refractivity contribution in [2.75, 3.05) is 6.61 Å². The summed E-state index contributed by atoms with van der Waals surface area (Å²) in [5.41, 5.74) is 4.94. The second-order valence-electron chi connectivity index (χ2n) is 8.94. The molecular formula is C22H30O2. The molecule has 0 aromatic heterocycles. The van der Waals surface area contributed by atoms with E-state index in [1.54, 1.807) is 0 Å². The molecule has 1 heterocycles. The van der Waals surface area contributed by atoms with E-state index in [4.69, 9.17) is 4.74 Å². The molecule has 4 rings (SSSR count). The van der Waals surface area contributed by atoms with Gasteiger partial charge < -0.3 is 9.53 Å². The molecule has 0 atom stereocenters. The molecule has 0 bridgehead atoms. The summed E-state index contributed by atoms with van der Waals surface area (Å²) >= 11 is 0. The van der Waals surface area contributed by atoms with Gasteiger partial charge in [-0.3, -0.25) is 0 Å². The van der Waals surface area contributed by atoms with E-state index in [-0.39, 0.29) is 5.41 Å². The molecule has 2 heteroatoms. The molecule has 130 valence electrons. The summed E-state index contributed by atoms with van der Waals surface area (Å²) in [7, 11) is 0. The number of hydrogen-bond donors (Lipinski definition) is 0. The van der Waals surface area contributed by atoms with Crippen LogP contribution in [0.25, 0.3) is 0 Å². The van der Waals surface area contributed by atoms with Crippen molar-refractivity contribution in [3.63, 3.8) is 0 Å². The van der Waals surface area contributed by atoms with Crippen LogP contribution in [0.5, 0.6) is 5.75 Å². The van der Waals surface area contributed by atoms with E-state index in [2.05, 4.69) is 26.0 Å². The van der Waals surface area contributed by atoms with Crippen LogP contribution in [0, 0.1) is 0 Å². The highest BCUT2D eigenvalue weighted by Gasteiger charge is 2.46. The van der Waals surface area contributed by atoms with Gasteiger partial charge in [-0.15, -0.1) is 0 Å². The first-order valence-electron chi connectivity index (χ1n) is 9.81. The van der Waals surface area contributed by atoms with Gasteiger partial charge in [0.15, 0.2) is 0 Å². The molecule has 0 radical (unpaired) electrons. The first-order chi connectivity index (χ1) is 11.6. The van der Waals surface area contributed by atoms with Crippen LogP contribution in [0.3, 0.4) is 0 Å². The zero-order valence-electron chi connectivity index (χ0n) is 15.2. The van der Waals surface area contributed by atoms with E-state index in [9.17, 15) is 4.79 Å². The number of ether oxygens (including phenoxy) is 1. The van der Waals surface area contributed by atoms with Gasteiger partial charge in [0.25, 0.3) is 0 Å². The highest BCUT2D eigenvalue weighted by Crippen LogP contribution is 2.56. The van der Waals surface area contributed by atoms with Gasteiger partial charge in [-0.05, 0) is 61.0 Å². The third-order valence-electron chi connectivity index (χ3n) is 6.66. The Morgan fingerprint density at radius 1 is 1.21 bits per heavy atom. The topological polar surface area (TPSA) is 26.3 Å². The molecule has 1 aliphatic heterocycles. The van der Waals surface area contributed by atoms with Crippen LogP contribution in [0.4, 0.5) is 0 Å². The molecule has 0 spiro atoms. The van der Waals surface area contributed by atoms with Crippen LogP contribution >= 0.6 is 0 Å². The molecule has 0 unspecified atom stereocenters. The zero-order chi connectivity index (χ0) is 16.8. The molecular weight excluding hydrogens is 296 g/mol. The molecule has 2 aliphatic carbocycles. The maximum Gasteiger partial charge on any atom is 0.126 e. The smallest absolute Gasteiger partial charge is 0.126 e. The number of carbonyl (C=O) groups excluding carboxylic acids is 1. The maximum absolute atomic E-state index is 10.7. The Bertz CT molecular complexity index is 634. The van der Waals surface area contributed by atoms with E-state index in [0.717, 1.165) is 25.7 Å². The van der Waals surface area contributed by atoms with E-state index in [1.165, 1.54) is 61.0 Å². The van der Waals surface area contributed by atoms with Crippen molar-refractivity contribution < 1.29 is 9.53 Å². The predicted molar refractivity (Wildman–Crippen MR) is 97.0 cm³/mol. The molecule has 2 saturated carbocycles. The van der Waals surface area contributed by atoms with Crippen molar-refractivity contribution in [2.24, 2.45) is 0 Å². The average molecular weight is 326 g/mol. The molecule has 2 fully saturated rings. The summed E-state index contributed by atoms with van der Waals surface area (Å²) in [5, 5.41) is 0. The van der Waals surface area contributed by atoms with E-state index in [1.807, 2.05) is 0 Å². The second kappa shape index (κ2) is 5.89. The van der Waals surface area contributed by atoms with Crippen molar-refractivity contribution in [3.8, 4) is 5.75 Å². The molecule has 3 aliphatic rings. The van der Waals surface area contributed by atoms with Gasteiger partial charge in [-0.25, -0.2) is 0 Å². The maximum atomic E-state index is 10.7. The van der Waals surface area contributed by atoms with Crippen molar-refractivity contribution in [1.29, 1.82) is 0 Å². The summed E-state index contributed by atoms with van der Waals surface area (Å²) in [6.45, 7) is 5.43. The summed E-state index contributed by atoms with van der Waals surface area (Å²) < 4.78 is 6.20. The monoisotopic (exact) mass is 326 g/mol. The third-order valence-corrected chi connectivity index (χ3v) is 6.66. The largest absolute Gasteiger partial charge is 0.492 e. The molecule has 0 amide bonds. The fourth-order valence-electron chi connectivity index (χ4n) is 4.85. The Morgan fingerprint density at radius 3 is 2.62 bits per heavy atom. The molecule has 0 N–H and O–H groups in total. The lowest BCUT2D eigenvalue weighted by Gasteiger charge is -2.23. The fraction of sp³-hybridized carbons (Fsp3) is 0.682. The lowest BCUT2D eigenvalue weighted by molar-refractivity contribution is -0.107. The van der Waals surface area contributed by atoms with Crippen molar-refractivity contribution in [2.45, 2.75) is 88.4 Å². The zero-order valence-corrected chi connectivity index (χ0v) is 15.2. The lowest BCUT2D eigenvalue weighted by Crippen LogP contribution is -2.19. The van der Waals surface area contributed by atoms with Crippen LogP contribution in [0.2, 0.25) is 0 Å². The van der Waals surface area contributed by atoms with Crippen molar-refractivity contribution in [1.82, 2.24) is 0 Å². The highest BCUT2D eigenvalue weighted by atomic mass is 16.5. The van der Waals surface area contributed by atoms with Crippen LogP contribution in [-0.2, 0) is 15.6 Å². The number of hydrogen-bond acceptors (Lipinski definition) is 2. The second-order valence-corrected chi connectivity index (χ2v) is 8.94. The van der Waals surface area contributed by atoms with Gasteiger partial charge in [0.05, 0.1) is 6.61 Å². The van der Waals surface area contributed by atoms with Crippen molar-refractivity contribution in [3.05, 3.63) is 28.8 Å². The minimum Gasteiger partial charge on any atom is -0.492 e. The van der Waals surface area contributed by atoms with E-state index < -0.39 is 0 Å². The predicted octanol–water partition coefficient (Wildman–Crippen LogP) is 5.42. The minimum absolute atomic E-state index is 0.123. The summed E-state index contributed by atoms with van der Waals surface area (Å²) in [6.07, 6.45) is 11.9. The highest BCUT2D eigenvalue weighted by molar-refractivity contribution is 5.55. The van der Waals surface area contributed by atoms with Gasteiger partial charge in [0.1, 0.15) is 12.0 Å². The van der Waals surface area contributed by atoms with Crippen LogP contribution in [0.1, 0.15) is 94.2 Å². The number of rotatable bonds is 6. The number of unbranched alkanes of at least 4 members (excludes halogenated alkanes) is 1. The molecule has 1 aromatic rings. The van der Waals surface area contributed by atoms with Crippen molar-refractivity contribution >= 4 is 6.29 Å². The summed E-state index contributed by atoms with van der Waals surface area (Å²) in [4.78, 5) is 10.7. The summed E-state index contributed by atoms with van der Waals surface area (Å²) in [5.74, 6) is 1.90.